The van der Waals surface area contributed by atoms with Crippen molar-refractivity contribution < 1.29 is 9.53 Å². The average molecular weight is 288 g/mol. The molecule has 8 heteroatoms. The molecule has 0 saturated heterocycles. The van der Waals surface area contributed by atoms with Crippen LogP contribution >= 0.6 is 11.6 Å². The van der Waals surface area contributed by atoms with Crippen LogP contribution in [0.2, 0.25) is 5.28 Å². The zero-order valence-corrected chi connectivity index (χ0v) is 12.1. The summed E-state index contributed by atoms with van der Waals surface area (Å²) in [5.74, 6) is 0.577. The molecule has 0 amide bonds. The molecule has 0 spiro atoms. The van der Waals surface area contributed by atoms with Crippen molar-refractivity contribution in [3.8, 4) is 0 Å². The number of anilines is 2. The maximum atomic E-state index is 11.0. The van der Waals surface area contributed by atoms with E-state index in [0.717, 1.165) is 13.1 Å². The fraction of sp³-hybridized carbons (Fsp3) is 0.636. The van der Waals surface area contributed by atoms with Crippen molar-refractivity contribution in [3.05, 3.63) is 5.28 Å². The number of carbonyl (C=O) groups is 1. The summed E-state index contributed by atoms with van der Waals surface area (Å²) >= 11 is 5.86. The molecule has 106 valence electrons. The monoisotopic (exact) mass is 287 g/mol. The minimum absolute atomic E-state index is 0.123. The zero-order chi connectivity index (χ0) is 14.3. The highest BCUT2D eigenvalue weighted by molar-refractivity contribution is 6.28. The number of aromatic nitrogens is 3. The minimum Gasteiger partial charge on any atom is -0.469 e. The molecule has 0 atom stereocenters. The van der Waals surface area contributed by atoms with Gasteiger partial charge in [0.25, 0.3) is 0 Å². The molecule has 0 aliphatic heterocycles. The molecule has 1 aromatic rings. The number of nitrogens with zero attached hydrogens (tertiary/aromatic N) is 4. The van der Waals surface area contributed by atoms with Gasteiger partial charge in [-0.3, -0.25) is 4.79 Å². The van der Waals surface area contributed by atoms with E-state index in [1.807, 2.05) is 18.7 Å². The molecule has 1 aromatic heterocycles. The lowest BCUT2D eigenvalue weighted by atomic mass is 10.4. The summed E-state index contributed by atoms with van der Waals surface area (Å²) in [6.07, 6.45) is 0.237. The van der Waals surface area contributed by atoms with Crippen LogP contribution < -0.4 is 10.2 Å². The van der Waals surface area contributed by atoms with Crippen molar-refractivity contribution in [2.24, 2.45) is 0 Å². The Morgan fingerprint density at radius 2 is 2.00 bits per heavy atom. The van der Waals surface area contributed by atoms with Crippen LogP contribution in [0.1, 0.15) is 20.3 Å². The Labute approximate surface area is 117 Å². The van der Waals surface area contributed by atoms with Crippen LogP contribution in [-0.4, -0.2) is 47.7 Å². The van der Waals surface area contributed by atoms with Crippen molar-refractivity contribution in [2.75, 3.05) is 37.0 Å². The second-order valence-electron chi connectivity index (χ2n) is 3.65. The van der Waals surface area contributed by atoms with Gasteiger partial charge in [-0.1, -0.05) is 0 Å². The van der Waals surface area contributed by atoms with Crippen LogP contribution in [0.15, 0.2) is 0 Å². The summed E-state index contributed by atoms with van der Waals surface area (Å²) in [6.45, 7) is 5.94. The predicted octanol–water partition coefficient (Wildman–Crippen LogP) is 1.35. The molecule has 0 unspecified atom stereocenters. The maximum absolute atomic E-state index is 11.0. The van der Waals surface area contributed by atoms with Gasteiger partial charge in [0.1, 0.15) is 0 Å². The van der Waals surface area contributed by atoms with Gasteiger partial charge in [0.2, 0.25) is 17.2 Å². The molecular weight excluding hydrogens is 270 g/mol. The molecule has 19 heavy (non-hydrogen) atoms. The quantitative estimate of drug-likeness (QED) is 0.758. The molecule has 0 saturated carbocycles. The second kappa shape index (κ2) is 7.73. The van der Waals surface area contributed by atoms with Gasteiger partial charge in [-0.05, 0) is 25.4 Å². The molecule has 1 rings (SSSR count). The van der Waals surface area contributed by atoms with E-state index < -0.39 is 0 Å². The van der Waals surface area contributed by atoms with Gasteiger partial charge >= 0.3 is 5.97 Å². The SMILES string of the molecule is CCN(CC)c1nc(Cl)nc(NCCC(=O)OC)n1. The number of halogens is 1. The van der Waals surface area contributed by atoms with Gasteiger partial charge in [0.15, 0.2) is 0 Å². The van der Waals surface area contributed by atoms with Gasteiger partial charge in [-0.15, -0.1) is 0 Å². The molecule has 0 bridgehead atoms. The molecular formula is C11H18ClN5O2. The molecule has 0 fully saturated rings. The summed E-state index contributed by atoms with van der Waals surface area (Å²) in [5.41, 5.74) is 0. The number of carbonyl (C=O) groups excluding carboxylic acids is 1. The first kappa shape index (κ1) is 15.4. The van der Waals surface area contributed by atoms with E-state index in [9.17, 15) is 4.79 Å². The van der Waals surface area contributed by atoms with Crippen molar-refractivity contribution in [1.29, 1.82) is 0 Å². The van der Waals surface area contributed by atoms with E-state index in [1.54, 1.807) is 0 Å². The van der Waals surface area contributed by atoms with E-state index in [0.29, 0.717) is 18.4 Å². The highest BCUT2D eigenvalue weighted by Gasteiger charge is 2.10. The van der Waals surface area contributed by atoms with Crippen LogP contribution in [0.4, 0.5) is 11.9 Å². The summed E-state index contributed by atoms with van der Waals surface area (Å²) in [6, 6.07) is 0. The molecule has 0 aliphatic rings. The van der Waals surface area contributed by atoms with E-state index >= 15 is 0 Å². The van der Waals surface area contributed by atoms with Gasteiger partial charge in [0.05, 0.1) is 13.5 Å². The smallest absolute Gasteiger partial charge is 0.307 e. The van der Waals surface area contributed by atoms with Crippen molar-refractivity contribution >= 4 is 29.5 Å². The topological polar surface area (TPSA) is 80.2 Å². The summed E-state index contributed by atoms with van der Waals surface area (Å²) in [7, 11) is 1.35. The highest BCUT2D eigenvalue weighted by Crippen LogP contribution is 2.13. The summed E-state index contributed by atoms with van der Waals surface area (Å²) in [5, 5.41) is 3.04. The van der Waals surface area contributed by atoms with Crippen LogP contribution in [0.3, 0.4) is 0 Å². The fourth-order valence-corrected chi connectivity index (χ4v) is 1.60. The third-order valence-electron chi connectivity index (χ3n) is 2.48. The minimum atomic E-state index is -0.295. The molecule has 0 aliphatic carbocycles. The number of nitrogens with one attached hydrogen (secondary N) is 1. The number of methoxy groups -OCH3 is 1. The highest BCUT2D eigenvalue weighted by atomic mass is 35.5. The first-order chi connectivity index (χ1) is 9.10. The first-order valence-electron chi connectivity index (χ1n) is 6.07. The average Bonchev–Trinajstić information content (AvgIpc) is 2.39. The zero-order valence-electron chi connectivity index (χ0n) is 11.3. The first-order valence-corrected chi connectivity index (χ1v) is 6.45. The number of esters is 1. The molecule has 7 nitrogen and oxygen atoms in total. The Bertz CT molecular complexity index is 426. The largest absolute Gasteiger partial charge is 0.469 e. The molecule has 1 heterocycles. The molecule has 0 radical (unpaired) electrons. The number of ether oxygens (including phenoxy) is 1. The van der Waals surface area contributed by atoms with Gasteiger partial charge in [-0.2, -0.15) is 15.0 Å². The summed E-state index contributed by atoms with van der Waals surface area (Å²) < 4.78 is 4.54. The lowest BCUT2D eigenvalue weighted by Crippen LogP contribution is -2.25. The Kier molecular flexibility index (Phi) is 6.27. The molecule has 1 N–H and O–H groups in total. The number of hydrogen-bond acceptors (Lipinski definition) is 7. The van der Waals surface area contributed by atoms with Gasteiger partial charge in [-0.25, -0.2) is 0 Å². The van der Waals surface area contributed by atoms with Crippen molar-refractivity contribution in [3.63, 3.8) is 0 Å². The van der Waals surface area contributed by atoms with E-state index in [4.69, 9.17) is 11.6 Å². The predicted molar refractivity (Wildman–Crippen MR) is 73.5 cm³/mol. The van der Waals surface area contributed by atoms with E-state index in [-0.39, 0.29) is 17.7 Å². The Hall–Kier alpha value is -1.63. The van der Waals surface area contributed by atoms with Crippen LogP contribution in [0.25, 0.3) is 0 Å². The Morgan fingerprint density at radius 1 is 1.32 bits per heavy atom. The van der Waals surface area contributed by atoms with Gasteiger partial charge in [0, 0.05) is 19.6 Å². The molecule has 0 aromatic carbocycles. The van der Waals surface area contributed by atoms with E-state index in [2.05, 4.69) is 25.0 Å². The third kappa shape index (κ3) is 4.86. The van der Waals surface area contributed by atoms with Crippen LogP contribution in [0.5, 0.6) is 0 Å². The fourth-order valence-electron chi connectivity index (χ4n) is 1.44. The van der Waals surface area contributed by atoms with Gasteiger partial charge < -0.3 is 15.0 Å². The summed E-state index contributed by atoms with van der Waals surface area (Å²) in [4.78, 5) is 25.2. The van der Waals surface area contributed by atoms with Crippen molar-refractivity contribution in [2.45, 2.75) is 20.3 Å². The standard InChI is InChI=1S/C11H18ClN5O2/c1-4-17(5-2)11-15-9(12)14-10(16-11)13-7-6-8(18)19-3/h4-7H2,1-3H3,(H,13,14,15,16). The van der Waals surface area contributed by atoms with Crippen molar-refractivity contribution in [1.82, 2.24) is 15.0 Å². The number of hydrogen-bond donors (Lipinski definition) is 1. The lowest BCUT2D eigenvalue weighted by Gasteiger charge is -2.18. The Morgan fingerprint density at radius 3 is 2.58 bits per heavy atom. The normalized spacial score (nSPS) is 10.1. The van der Waals surface area contributed by atoms with E-state index in [1.165, 1.54) is 7.11 Å². The lowest BCUT2D eigenvalue weighted by molar-refractivity contribution is -0.140. The van der Waals surface area contributed by atoms with Crippen LogP contribution in [0, 0.1) is 0 Å². The third-order valence-corrected chi connectivity index (χ3v) is 2.65. The maximum Gasteiger partial charge on any atom is 0.307 e. The number of rotatable bonds is 7. The Balaban J connectivity index is 2.71. The second-order valence-corrected chi connectivity index (χ2v) is 3.99. The van der Waals surface area contributed by atoms with Crippen LogP contribution in [-0.2, 0) is 9.53 Å².